The lowest BCUT2D eigenvalue weighted by Crippen LogP contribution is -2.07. The largest absolute Gasteiger partial charge is 0.507 e. The van der Waals surface area contributed by atoms with Crippen molar-refractivity contribution in [2.75, 3.05) is 6.61 Å². The molecule has 22 heavy (non-hydrogen) atoms. The molecule has 1 heterocycles. The number of hydrogen-bond acceptors (Lipinski definition) is 5. The molecule has 0 saturated heterocycles. The number of allylic oxidation sites excluding steroid dienone is 2. The summed E-state index contributed by atoms with van der Waals surface area (Å²) in [7, 11) is 0. The number of nitrogens with one attached hydrogen (secondary N) is 1. The summed E-state index contributed by atoms with van der Waals surface area (Å²) in [5.41, 5.74) is 2.16. The second kappa shape index (κ2) is 6.59. The number of carbonyl (C=O) groups is 1. The molecule has 0 spiro atoms. The first-order valence-corrected chi connectivity index (χ1v) is 6.60. The normalized spacial score (nSPS) is 11.5. The third-order valence-corrected chi connectivity index (χ3v) is 2.78. The summed E-state index contributed by atoms with van der Waals surface area (Å²) < 4.78 is 4.88. The first-order valence-electron chi connectivity index (χ1n) is 6.60. The van der Waals surface area contributed by atoms with Crippen molar-refractivity contribution in [1.82, 2.24) is 9.97 Å². The number of aromatic amines is 1. The van der Waals surface area contributed by atoms with Crippen molar-refractivity contribution in [3.05, 3.63) is 47.5 Å². The number of benzene rings is 1. The molecule has 0 amide bonds. The van der Waals surface area contributed by atoms with E-state index in [2.05, 4.69) is 9.97 Å². The number of aliphatic hydroxyl groups excluding tert-OH is 1. The van der Waals surface area contributed by atoms with Gasteiger partial charge in [-0.25, -0.2) is 9.78 Å². The van der Waals surface area contributed by atoms with Crippen LogP contribution in [0.5, 0.6) is 0 Å². The third kappa shape index (κ3) is 3.52. The topological polar surface area (TPSA) is 99.0 Å². The van der Waals surface area contributed by atoms with Crippen LogP contribution in [0.4, 0.5) is 0 Å². The Labute approximate surface area is 127 Å². The second-order valence-electron chi connectivity index (χ2n) is 4.87. The number of imidazole rings is 1. The Morgan fingerprint density at radius 1 is 1.45 bits per heavy atom. The van der Waals surface area contributed by atoms with E-state index in [1.807, 2.05) is 24.3 Å². The Bertz CT molecular complexity index is 772. The smallest absolute Gasteiger partial charge is 0.331 e. The van der Waals surface area contributed by atoms with Gasteiger partial charge in [-0.3, -0.25) is 0 Å². The van der Waals surface area contributed by atoms with E-state index < -0.39 is 5.97 Å². The van der Waals surface area contributed by atoms with Gasteiger partial charge in [-0.05, 0) is 26.0 Å². The zero-order valence-electron chi connectivity index (χ0n) is 12.3. The summed E-state index contributed by atoms with van der Waals surface area (Å²) in [5, 5.41) is 19.2. The van der Waals surface area contributed by atoms with Crippen molar-refractivity contribution < 1.29 is 14.6 Å². The van der Waals surface area contributed by atoms with E-state index in [0.717, 1.165) is 11.1 Å². The molecule has 0 radical (unpaired) electrons. The third-order valence-electron chi connectivity index (χ3n) is 2.78. The first kappa shape index (κ1) is 15.3. The van der Waals surface area contributed by atoms with Crippen molar-refractivity contribution >= 4 is 22.6 Å². The molecule has 0 bridgehead atoms. The Morgan fingerprint density at radius 3 is 2.82 bits per heavy atom. The van der Waals surface area contributed by atoms with E-state index in [-0.39, 0.29) is 23.8 Å². The molecular weight excluding hydrogens is 282 g/mol. The maximum Gasteiger partial charge on any atom is 0.331 e. The van der Waals surface area contributed by atoms with Crippen LogP contribution in [0.15, 0.2) is 41.7 Å². The van der Waals surface area contributed by atoms with Gasteiger partial charge >= 0.3 is 5.97 Å². The van der Waals surface area contributed by atoms with Crippen LogP contribution >= 0.6 is 0 Å². The molecular formula is C16H15N3O3. The van der Waals surface area contributed by atoms with Crippen LogP contribution in [0.3, 0.4) is 0 Å². The van der Waals surface area contributed by atoms with Gasteiger partial charge in [-0.2, -0.15) is 5.26 Å². The number of para-hydroxylation sites is 2. The Hall–Kier alpha value is -3.07. The summed E-state index contributed by atoms with van der Waals surface area (Å²) in [5.74, 6) is -0.690. The van der Waals surface area contributed by atoms with Crippen LogP contribution in [0, 0.1) is 11.3 Å². The van der Waals surface area contributed by atoms with Crippen LogP contribution in [0.2, 0.25) is 0 Å². The average Bonchev–Trinajstić information content (AvgIpc) is 2.88. The Balaban J connectivity index is 2.24. The van der Waals surface area contributed by atoms with Gasteiger partial charge < -0.3 is 14.8 Å². The summed E-state index contributed by atoms with van der Waals surface area (Å²) >= 11 is 0. The predicted octanol–water partition coefficient (Wildman–Crippen LogP) is 2.86. The van der Waals surface area contributed by atoms with Gasteiger partial charge in [-0.15, -0.1) is 0 Å². The first-order chi connectivity index (χ1) is 10.5. The molecule has 0 aliphatic carbocycles. The van der Waals surface area contributed by atoms with Gasteiger partial charge in [0.1, 0.15) is 18.2 Å². The highest BCUT2D eigenvalue weighted by molar-refractivity contribution is 5.84. The van der Waals surface area contributed by atoms with Crippen molar-refractivity contribution in [2.45, 2.75) is 13.8 Å². The molecule has 6 nitrogen and oxygen atoms in total. The highest BCUT2D eigenvalue weighted by Crippen LogP contribution is 2.18. The number of H-pyrrole nitrogens is 1. The Morgan fingerprint density at radius 2 is 2.18 bits per heavy atom. The van der Waals surface area contributed by atoms with Crippen LogP contribution < -0.4 is 0 Å². The summed E-state index contributed by atoms with van der Waals surface area (Å²) in [6.07, 6.45) is 1.31. The fourth-order valence-corrected chi connectivity index (χ4v) is 1.81. The minimum atomic E-state index is -0.576. The second-order valence-corrected chi connectivity index (χ2v) is 4.87. The van der Waals surface area contributed by atoms with Crippen molar-refractivity contribution in [2.24, 2.45) is 0 Å². The van der Waals surface area contributed by atoms with Gasteiger partial charge in [0.25, 0.3) is 0 Å². The number of carbonyl (C=O) groups excluding carboxylic acids is 1. The van der Waals surface area contributed by atoms with Gasteiger partial charge in [-0.1, -0.05) is 17.7 Å². The highest BCUT2D eigenvalue weighted by atomic mass is 16.5. The van der Waals surface area contributed by atoms with E-state index in [1.165, 1.54) is 6.08 Å². The monoisotopic (exact) mass is 297 g/mol. The zero-order chi connectivity index (χ0) is 16.1. The molecule has 1 aromatic carbocycles. The van der Waals surface area contributed by atoms with Crippen molar-refractivity contribution in [3.63, 3.8) is 0 Å². The molecule has 1 aromatic heterocycles. The predicted molar refractivity (Wildman–Crippen MR) is 81.6 cm³/mol. The molecule has 2 aromatic rings. The highest BCUT2D eigenvalue weighted by Gasteiger charge is 2.14. The van der Waals surface area contributed by atoms with E-state index >= 15 is 0 Å². The fraction of sp³-hybridized carbons (Fsp3) is 0.188. The fourth-order valence-electron chi connectivity index (χ4n) is 1.81. The molecule has 0 fully saturated rings. The van der Waals surface area contributed by atoms with Crippen LogP contribution in [0.1, 0.15) is 19.7 Å². The number of aromatic nitrogens is 2. The number of fused-ring (bicyclic) bond motifs is 1. The molecule has 0 aliphatic rings. The van der Waals surface area contributed by atoms with Gasteiger partial charge in [0, 0.05) is 6.08 Å². The minimum absolute atomic E-state index is 0.0544. The van der Waals surface area contributed by atoms with Gasteiger partial charge in [0.15, 0.2) is 11.6 Å². The lowest BCUT2D eigenvalue weighted by Gasteiger charge is -2.03. The number of aliphatic hydroxyl groups is 1. The number of hydrogen-bond donors (Lipinski definition) is 2. The molecule has 0 saturated carbocycles. The summed E-state index contributed by atoms with van der Waals surface area (Å²) in [4.78, 5) is 18.6. The summed E-state index contributed by atoms with van der Waals surface area (Å²) in [6, 6.07) is 9.13. The lowest BCUT2D eigenvalue weighted by molar-refractivity contribution is -0.137. The SMILES string of the molecule is CC(C)=CC(=O)OCC(O)=C(C#N)c1nc2ccccc2[nH]1. The number of nitriles is 1. The van der Waals surface area contributed by atoms with Gasteiger partial charge in [0.05, 0.1) is 11.0 Å². The van der Waals surface area contributed by atoms with Crippen LogP contribution in [-0.4, -0.2) is 27.7 Å². The standard InChI is InChI=1S/C16H15N3O3/c1-10(2)7-15(21)22-9-14(20)11(8-17)16-18-12-5-3-4-6-13(12)19-16/h3-7,20H,9H2,1-2H3,(H,18,19). The van der Waals surface area contributed by atoms with E-state index in [4.69, 9.17) is 4.74 Å². The molecule has 0 unspecified atom stereocenters. The van der Waals surface area contributed by atoms with E-state index in [9.17, 15) is 15.2 Å². The number of rotatable bonds is 4. The molecule has 0 atom stereocenters. The van der Waals surface area contributed by atoms with Crippen LogP contribution in [-0.2, 0) is 9.53 Å². The molecule has 112 valence electrons. The minimum Gasteiger partial charge on any atom is -0.507 e. The quantitative estimate of drug-likeness (QED) is 0.391. The number of nitrogens with zero attached hydrogens (tertiary/aromatic N) is 2. The molecule has 0 aliphatic heterocycles. The molecule has 2 rings (SSSR count). The maximum absolute atomic E-state index is 11.4. The lowest BCUT2D eigenvalue weighted by atomic mass is 10.2. The van der Waals surface area contributed by atoms with Crippen molar-refractivity contribution in [3.8, 4) is 6.07 Å². The number of ether oxygens (including phenoxy) is 1. The molecule has 2 N–H and O–H groups in total. The Kier molecular flexibility index (Phi) is 4.59. The maximum atomic E-state index is 11.4. The summed E-state index contributed by atoms with van der Waals surface area (Å²) in [6.45, 7) is 3.13. The van der Waals surface area contributed by atoms with Crippen LogP contribution in [0.25, 0.3) is 16.6 Å². The van der Waals surface area contributed by atoms with E-state index in [1.54, 1.807) is 19.9 Å². The average molecular weight is 297 g/mol. The zero-order valence-corrected chi connectivity index (χ0v) is 12.3. The van der Waals surface area contributed by atoms with Crippen molar-refractivity contribution in [1.29, 1.82) is 5.26 Å². The van der Waals surface area contributed by atoms with E-state index in [0.29, 0.717) is 5.52 Å². The van der Waals surface area contributed by atoms with Gasteiger partial charge in [0.2, 0.25) is 0 Å². The number of esters is 1. The molecule has 6 heteroatoms.